The molecule has 16 heteroatoms. The smallest absolute Gasteiger partial charge is 0.322 e. The number of fused-ring (bicyclic) bond motifs is 1. The van der Waals surface area contributed by atoms with Crippen LogP contribution in [0.2, 0.25) is 0 Å². The number of rotatable bonds is 11. The number of hydrogen-bond acceptors (Lipinski definition) is 11. The van der Waals surface area contributed by atoms with E-state index in [1.54, 1.807) is 86.4 Å². The molecule has 0 aliphatic carbocycles. The molecular weight excluding hydrogens is 729 g/mol. The molecule has 3 aromatic carbocycles. The maximum Gasteiger partial charge on any atom is 0.322 e. The van der Waals surface area contributed by atoms with Crippen molar-refractivity contribution in [1.82, 2.24) is 19.3 Å². The Hall–Kier alpha value is -6.36. The van der Waals surface area contributed by atoms with E-state index in [2.05, 4.69) is 15.3 Å². The van der Waals surface area contributed by atoms with Crippen molar-refractivity contribution in [3.63, 3.8) is 0 Å². The van der Waals surface area contributed by atoms with Crippen LogP contribution in [0.3, 0.4) is 0 Å². The molecule has 6 rings (SSSR count). The Labute approximate surface area is 317 Å². The Morgan fingerprint density at radius 2 is 1.62 bits per heavy atom. The summed E-state index contributed by atoms with van der Waals surface area (Å²) in [6.07, 6.45) is 2.48. The van der Waals surface area contributed by atoms with Crippen molar-refractivity contribution in [3.8, 4) is 22.9 Å². The highest BCUT2D eigenvalue weighted by Crippen LogP contribution is 2.31. The molecule has 2 atom stereocenters. The number of benzene rings is 3. The zero-order valence-electron chi connectivity index (χ0n) is 30.7. The van der Waals surface area contributed by atoms with Gasteiger partial charge in [-0.25, -0.2) is 9.67 Å². The van der Waals surface area contributed by atoms with Gasteiger partial charge in [0.05, 0.1) is 41.6 Å². The van der Waals surface area contributed by atoms with Crippen LogP contribution in [0.1, 0.15) is 35.5 Å². The maximum absolute atomic E-state index is 13.7. The molecule has 0 aliphatic heterocycles. The fourth-order valence-electron chi connectivity index (χ4n) is 5.39. The number of aromatic nitrogens is 4. The molecule has 0 spiro atoms. The van der Waals surface area contributed by atoms with Crippen molar-refractivity contribution >= 4 is 38.7 Å². The highest BCUT2D eigenvalue weighted by Gasteiger charge is 2.26. The van der Waals surface area contributed by atoms with E-state index in [0.29, 0.717) is 34.1 Å². The molecule has 3 heterocycles. The molecule has 0 radical (unpaired) electrons. The summed E-state index contributed by atoms with van der Waals surface area (Å²) < 4.78 is 49.3. The molecule has 6 aromatic rings. The van der Waals surface area contributed by atoms with Crippen molar-refractivity contribution in [3.05, 3.63) is 131 Å². The summed E-state index contributed by atoms with van der Waals surface area (Å²) in [7, 11) is -2.43. The molecule has 286 valence electrons. The van der Waals surface area contributed by atoms with Gasteiger partial charge in [-0.2, -0.15) is 8.42 Å². The van der Waals surface area contributed by atoms with E-state index >= 15 is 0 Å². The third kappa shape index (κ3) is 9.80. The SMILES string of the molecule is COc1ccc2c(Oc3ccc(NC(=O)c4c(C)n(C[C@@H](C)OC(=O)[C@H](C)N)n(-c5ccccc5)c4=O)nc3)ccnc2c1.Cc1ccc(S(=O)(=O)O)cc1. The Bertz CT molecular complexity index is 2470. The molecule has 15 nitrogen and oxygen atoms in total. The van der Waals surface area contributed by atoms with Crippen molar-refractivity contribution in [1.29, 1.82) is 0 Å². The number of hydrogen-bond donors (Lipinski definition) is 3. The van der Waals surface area contributed by atoms with Crippen LogP contribution in [0.15, 0.2) is 113 Å². The Morgan fingerprint density at radius 3 is 2.24 bits per heavy atom. The Kier molecular flexibility index (Phi) is 12.5. The number of nitrogens with two attached hydrogens (primary N) is 1. The van der Waals surface area contributed by atoms with Crippen LogP contribution in [0, 0.1) is 13.8 Å². The molecule has 1 amide bonds. The van der Waals surface area contributed by atoms with E-state index in [1.165, 1.54) is 29.9 Å². The van der Waals surface area contributed by atoms with Crippen LogP contribution >= 0.6 is 0 Å². The number of carbonyl (C=O) groups excluding carboxylic acids is 2. The lowest BCUT2D eigenvalue weighted by molar-refractivity contribution is -0.150. The zero-order chi connectivity index (χ0) is 39.9. The first-order chi connectivity index (χ1) is 26.2. The first-order valence-corrected chi connectivity index (χ1v) is 18.4. The van der Waals surface area contributed by atoms with Gasteiger partial charge in [0.2, 0.25) is 0 Å². The number of anilines is 1. The van der Waals surface area contributed by atoms with Crippen LogP contribution in [-0.4, -0.2) is 63.4 Å². The number of nitrogens with one attached hydrogen (secondary N) is 1. The molecule has 0 saturated carbocycles. The standard InChI is InChI=1S/C32H32N6O6.C7H8O3S/c1-19(43-32(41)20(2)33)18-37-21(3)29(31(40)38(37)22-8-6-5-7-9-22)30(39)36-28-13-11-24(17-35-28)44-27-14-15-34-26-16-23(42-4)10-12-25(26)27;1-6-2-4-7(5-3-6)11(8,9)10/h5-17,19-20H,18,33H2,1-4H3,(H,35,36,39);2-5H,1H3,(H,8,9,10)/t19-,20+;/m1./s1. The summed E-state index contributed by atoms with van der Waals surface area (Å²) in [6, 6.07) is 24.6. The number of pyridine rings is 2. The van der Waals surface area contributed by atoms with Gasteiger partial charge in [-0.05, 0) is 82.3 Å². The minimum atomic E-state index is -4.02. The number of nitrogens with zero attached hydrogens (tertiary/aromatic N) is 4. The predicted molar refractivity (Wildman–Crippen MR) is 206 cm³/mol. The lowest BCUT2D eigenvalue weighted by Gasteiger charge is -2.19. The van der Waals surface area contributed by atoms with Crippen LogP contribution < -0.4 is 26.1 Å². The largest absolute Gasteiger partial charge is 0.497 e. The molecule has 0 saturated heterocycles. The van der Waals surface area contributed by atoms with Crippen LogP contribution in [0.5, 0.6) is 17.2 Å². The predicted octanol–water partition coefficient (Wildman–Crippen LogP) is 5.46. The van der Waals surface area contributed by atoms with E-state index in [9.17, 15) is 22.8 Å². The van der Waals surface area contributed by atoms with Crippen LogP contribution in [0.4, 0.5) is 5.82 Å². The van der Waals surface area contributed by atoms with Gasteiger partial charge < -0.3 is 25.3 Å². The van der Waals surface area contributed by atoms with Gasteiger partial charge >= 0.3 is 5.97 Å². The minimum absolute atomic E-state index is 0.0666. The Balaban J connectivity index is 0.000000454. The van der Waals surface area contributed by atoms with E-state index < -0.39 is 39.7 Å². The third-order valence-electron chi connectivity index (χ3n) is 8.18. The average Bonchev–Trinajstić information content (AvgIpc) is 3.40. The molecule has 4 N–H and O–H groups in total. The fraction of sp³-hybridized carbons (Fsp3) is 0.205. The minimum Gasteiger partial charge on any atom is -0.497 e. The van der Waals surface area contributed by atoms with Gasteiger partial charge in [0.25, 0.3) is 21.6 Å². The molecular formula is C39H40N6O9S. The molecule has 55 heavy (non-hydrogen) atoms. The molecule has 0 aliphatic rings. The second-order valence-corrected chi connectivity index (χ2v) is 13.9. The van der Waals surface area contributed by atoms with E-state index in [0.717, 1.165) is 10.9 Å². The van der Waals surface area contributed by atoms with E-state index in [1.807, 2.05) is 31.2 Å². The number of carbonyl (C=O) groups is 2. The normalized spacial score (nSPS) is 12.2. The number of methoxy groups -OCH3 is 1. The lowest BCUT2D eigenvalue weighted by atomic mass is 10.2. The molecule has 0 unspecified atom stereocenters. The summed E-state index contributed by atoms with van der Waals surface area (Å²) in [6.45, 7) is 6.84. The van der Waals surface area contributed by atoms with Gasteiger partial charge in [-0.3, -0.25) is 28.6 Å². The molecule has 3 aromatic heterocycles. The lowest BCUT2D eigenvalue weighted by Crippen LogP contribution is -2.34. The number of amides is 1. The summed E-state index contributed by atoms with van der Waals surface area (Å²) in [5.41, 5.74) is 7.65. The van der Waals surface area contributed by atoms with Crippen molar-refractivity contribution in [2.24, 2.45) is 5.73 Å². The van der Waals surface area contributed by atoms with Crippen molar-refractivity contribution in [2.75, 3.05) is 12.4 Å². The van der Waals surface area contributed by atoms with E-state index in [-0.39, 0.29) is 22.8 Å². The van der Waals surface area contributed by atoms with Crippen molar-refractivity contribution < 1.29 is 36.8 Å². The van der Waals surface area contributed by atoms with Crippen molar-refractivity contribution in [2.45, 2.75) is 51.3 Å². The van der Waals surface area contributed by atoms with E-state index in [4.69, 9.17) is 24.5 Å². The average molecular weight is 769 g/mol. The highest BCUT2D eigenvalue weighted by atomic mass is 32.2. The van der Waals surface area contributed by atoms with Crippen LogP contribution in [0.25, 0.3) is 16.6 Å². The summed E-state index contributed by atoms with van der Waals surface area (Å²) in [5, 5.41) is 3.50. The number of esters is 1. The maximum atomic E-state index is 13.7. The Morgan fingerprint density at radius 1 is 0.927 bits per heavy atom. The second-order valence-electron chi connectivity index (χ2n) is 12.4. The quantitative estimate of drug-likeness (QED) is 0.111. The van der Waals surface area contributed by atoms with Gasteiger partial charge in [0, 0.05) is 17.6 Å². The number of aryl methyl sites for hydroxylation is 1. The molecule has 0 bridgehead atoms. The summed E-state index contributed by atoms with van der Waals surface area (Å²) >= 11 is 0. The van der Waals surface area contributed by atoms with Gasteiger partial charge in [0.15, 0.2) is 0 Å². The topological polar surface area (TPSA) is 207 Å². The monoisotopic (exact) mass is 768 g/mol. The third-order valence-corrected chi connectivity index (χ3v) is 9.05. The zero-order valence-corrected chi connectivity index (χ0v) is 31.5. The highest BCUT2D eigenvalue weighted by molar-refractivity contribution is 7.85. The van der Waals surface area contributed by atoms with Crippen LogP contribution in [-0.2, 0) is 26.2 Å². The fourth-order valence-corrected chi connectivity index (χ4v) is 5.87. The first-order valence-electron chi connectivity index (χ1n) is 16.9. The number of para-hydroxylation sites is 1. The summed E-state index contributed by atoms with van der Waals surface area (Å²) in [5.74, 6) is 0.731. The second kappa shape index (κ2) is 17.2. The first kappa shape index (κ1) is 39.8. The van der Waals surface area contributed by atoms with Gasteiger partial charge in [0.1, 0.15) is 40.8 Å². The van der Waals surface area contributed by atoms with Gasteiger partial charge in [-0.1, -0.05) is 35.9 Å². The summed E-state index contributed by atoms with van der Waals surface area (Å²) in [4.78, 5) is 47.8. The van der Waals surface area contributed by atoms with Gasteiger partial charge in [-0.15, -0.1) is 0 Å². The molecule has 0 fully saturated rings. The number of ether oxygens (including phenoxy) is 3.